The van der Waals surface area contributed by atoms with E-state index in [1.54, 1.807) is 48.5 Å². The van der Waals surface area contributed by atoms with Gasteiger partial charge >= 0.3 is 5.97 Å². The molecule has 3 aromatic carbocycles. The van der Waals surface area contributed by atoms with Crippen molar-refractivity contribution in [3.05, 3.63) is 90.0 Å². The minimum atomic E-state index is -3.72. The average Bonchev–Trinajstić information content (AvgIpc) is 2.71. The van der Waals surface area contributed by atoms with Crippen molar-refractivity contribution in [2.75, 3.05) is 5.32 Å². The normalized spacial score (nSPS) is 17.8. The molecule has 1 N–H and O–H groups in total. The summed E-state index contributed by atoms with van der Waals surface area (Å²) in [7, 11) is -3.72. The third-order valence-electron chi connectivity index (χ3n) is 4.69. The largest absolute Gasteiger partial charge is 0.427 e. The summed E-state index contributed by atoms with van der Waals surface area (Å²) in [6.07, 6.45) is -0.596. The van der Waals surface area contributed by atoms with Crippen LogP contribution in [0.3, 0.4) is 0 Å². The molecular weight excluding hydrogens is 388 g/mol. The van der Waals surface area contributed by atoms with Crippen molar-refractivity contribution in [3.8, 4) is 5.75 Å². The number of anilines is 1. The lowest BCUT2D eigenvalue weighted by atomic mass is 10.1. The monoisotopic (exact) mass is 408 g/mol. The molecule has 7 heteroatoms. The van der Waals surface area contributed by atoms with E-state index in [2.05, 4.69) is 5.32 Å². The molecule has 1 heterocycles. The number of nitrogens with one attached hydrogen (secondary N) is 1. The fourth-order valence-corrected chi connectivity index (χ4v) is 5.05. The van der Waals surface area contributed by atoms with Crippen LogP contribution in [0.5, 0.6) is 5.75 Å². The number of ether oxygens (including phenoxy) is 1. The van der Waals surface area contributed by atoms with E-state index in [-0.39, 0.29) is 11.4 Å². The first-order valence-corrected chi connectivity index (χ1v) is 10.6. The van der Waals surface area contributed by atoms with Crippen molar-refractivity contribution in [3.63, 3.8) is 0 Å². The van der Waals surface area contributed by atoms with Gasteiger partial charge in [0, 0.05) is 13.5 Å². The topological polar surface area (TPSA) is 75.7 Å². The summed E-state index contributed by atoms with van der Waals surface area (Å²) in [5.74, 6) is 0.00526. The van der Waals surface area contributed by atoms with Crippen LogP contribution >= 0.6 is 0 Å². The Kier molecular flexibility index (Phi) is 5.08. The van der Waals surface area contributed by atoms with Crippen molar-refractivity contribution in [1.29, 1.82) is 0 Å². The van der Waals surface area contributed by atoms with Crippen LogP contribution in [-0.4, -0.2) is 18.7 Å². The fraction of sp³-hybridized carbons (Fsp3) is 0.136. The second-order valence-corrected chi connectivity index (χ2v) is 8.60. The Labute approximate surface area is 169 Å². The van der Waals surface area contributed by atoms with Crippen LogP contribution in [0, 0.1) is 0 Å². The molecule has 0 spiro atoms. The summed E-state index contributed by atoms with van der Waals surface area (Å²) < 4.78 is 33.4. The van der Waals surface area contributed by atoms with E-state index >= 15 is 0 Å². The molecule has 29 heavy (non-hydrogen) atoms. The Bertz CT molecular complexity index is 1130. The number of nitrogens with zero attached hydrogens (tertiary/aromatic N) is 1. The first-order valence-electron chi connectivity index (χ1n) is 9.15. The smallest absolute Gasteiger partial charge is 0.308 e. The Balaban J connectivity index is 1.76. The second-order valence-electron chi connectivity index (χ2n) is 6.74. The lowest BCUT2D eigenvalue weighted by Gasteiger charge is -2.37. The van der Waals surface area contributed by atoms with Crippen LogP contribution in [0.25, 0.3) is 0 Å². The SMILES string of the molecule is CC(=O)Oc1ccc([C@H]2Nc3ccccc3S(=O)(=O)N2Cc2ccccc2)cc1. The third kappa shape index (κ3) is 3.87. The van der Waals surface area contributed by atoms with E-state index in [1.807, 2.05) is 30.3 Å². The number of hydrogen-bond acceptors (Lipinski definition) is 5. The van der Waals surface area contributed by atoms with Gasteiger partial charge in [-0.1, -0.05) is 54.6 Å². The summed E-state index contributed by atoms with van der Waals surface area (Å²) in [5.41, 5.74) is 2.19. The molecule has 4 rings (SSSR count). The van der Waals surface area contributed by atoms with E-state index in [1.165, 1.54) is 11.2 Å². The van der Waals surface area contributed by atoms with Gasteiger partial charge in [0.2, 0.25) is 10.0 Å². The van der Waals surface area contributed by atoms with Gasteiger partial charge in [-0.15, -0.1) is 0 Å². The fourth-order valence-electron chi connectivity index (χ4n) is 3.37. The van der Waals surface area contributed by atoms with Crippen molar-refractivity contribution >= 4 is 21.7 Å². The van der Waals surface area contributed by atoms with Crippen LogP contribution in [0.1, 0.15) is 24.2 Å². The highest BCUT2D eigenvalue weighted by molar-refractivity contribution is 7.89. The predicted molar refractivity (Wildman–Crippen MR) is 110 cm³/mol. The molecule has 3 aromatic rings. The molecule has 0 saturated heterocycles. The zero-order valence-corrected chi connectivity index (χ0v) is 16.6. The molecule has 1 aliphatic rings. The van der Waals surface area contributed by atoms with Crippen LogP contribution in [0.2, 0.25) is 0 Å². The van der Waals surface area contributed by atoms with E-state index in [0.29, 0.717) is 11.4 Å². The Hall–Kier alpha value is -3.16. The molecular formula is C22H20N2O4S. The second kappa shape index (κ2) is 7.69. The van der Waals surface area contributed by atoms with Crippen LogP contribution < -0.4 is 10.1 Å². The third-order valence-corrected chi connectivity index (χ3v) is 6.56. The molecule has 148 valence electrons. The Morgan fingerprint density at radius 1 is 0.966 bits per heavy atom. The first-order chi connectivity index (χ1) is 13.9. The van der Waals surface area contributed by atoms with Crippen molar-refractivity contribution in [1.82, 2.24) is 4.31 Å². The molecule has 1 atom stereocenters. The number of hydrogen-bond donors (Lipinski definition) is 1. The molecule has 0 saturated carbocycles. The Morgan fingerprint density at radius 2 is 1.62 bits per heavy atom. The summed E-state index contributed by atoms with van der Waals surface area (Å²) in [6.45, 7) is 1.56. The minimum Gasteiger partial charge on any atom is -0.427 e. The highest BCUT2D eigenvalue weighted by Crippen LogP contribution is 2.39. The molecule has 0 unspecified atom stereocenters. The van der Waals surface area contributed by atoms with Gasteiger partial charge in [0.15, 0.2) is 0 Å². The summed E-state index contributed by atoms with van der Waals surface area (Å²) in [4.78, 5) is 11.4. The molecule has 0 bridgehead atoms. The van der Waals surface area contributed by atoms with Gasteiger partial charge in [0.1, 0.15) is 16.8 Å². The number of rotatable bonds is 4. The van der Waals surface area contributed by atoms with Crippen molar-refractivity contribution < 1.29 is 17.9 Å². The van der Waals surface area contributed by atoms with Gasteiger partial charge in [-0.05, 0) is 35.4 Å². The highest BCUT2D eigenvalue weighted by Gasteiger charge is 2.38. The summed E-state index contributed by atoms with van der Waals surface area (Å²) >= 11 is 0. The van der Waals surface area contributed by atoms with Gasteiger partial charge in [-0.3, -0.25) is 4.79 Å². The van der Waals surface area contributed by atoms with Gasteiger partial charge in [0.25, 0.3) is 0 Å². The van der Waals surface area contributed by atoms with Gasteiger partial charge < -0.3 is 10.1 Å². The molecule has 0 aromatic heterocycles. The number of esters is 1. The molecule has 0 aliphatic carbocycles. The first kappa shape index (κ1) is 19.2. The standard InChI is InChI=1S/C22H20N2O4S/c1-16(25)28-19-13-11-18(12-14-19)22-23-20-9-5-6-10-21(20)29(26,27)24(22)15-17-7-3-2-4-8-17/h2-14,22-23H,15H2,1H3/t22-/m0/s1. The summed E-state index contributed by atoms with van der Waals surface area (Å²) in [6, 6.07) is 23.2. The molecule has 0 amide bonds. The van der Waals surface area contributed by atoms with Gasteiger partial charge in [-0.25, -0.2) is 8.42 Å². The van der Waals surface area contributed by atoms with Gasteiger partial charge in [-0.2, -0.15) is 4.31 Å². The summed E-state index contributed by atoms with van der Waals surface area (Å²) in [5, 5.41) is 3.34. The minimum absolute atomic E-state index is 0.223. The van der Waals surface area contributed by atoms with Gasteiger partial charge in [0.05, 0.1) is 5.69 Å². The maximum atomic E-state index is 13.4. The molecule has 0 fully saturated rings. The zero-order valence-electron chi connectivity index (χ0n) is 15.8. The van der Waals surface area contributed by atoms with Crippen LogP contribution in [0.15, 0.2) is 83.8 Å². The van der Waals surface area contributed by atoms with E-state index in [4.69, 9.17) is 4.74 Å². The zero-order chi connectivity index (χ0) is 20.4. The molecule has 0 radical (unpaired) electrons. The number of carbonyl (C=O) groups excluding carboxylic acids is 1. The Morgan fingerprint density at radius 3 is 2.31 bits per heavy atom. The number of benzene rings is 3. The van der Waals surface area contributed by atoms with Crippen LogP contribution in [-0.2, 0) is 21.4 Å². The van der Waals surface area contributed by atoms with Crippen molar-refractivity contribution in [2.45, 2.75) is 24.5 Å². The average molecular weight is 408 g/mol. The van der Waals surface area contributed by atoms with E-state index in [0.717, 1.165) is 11.1 Å². The lowest BCUT2D eigenvalue weighted by molar-refractivity contribution is -0.131. The maximum absolute atomic E-state index is 13.4. The quantitative estimate of drug-likeness (QED) is 0.523. The maximum Gasteiger partial charge on any atom is 0.308 e. The molecule has 6 nitrogen and oxygen atoms in total. The number of para-hydroxylation sites is 1. The van der Waals surface area contributed by atoms with E-state index < -0.39 is 22.2 Å². The molecule has 1 aliphatic heterocycles. The van der Waals surface area contributed by atoms with Crippen LogP contribution in [0.4, 0.5) is 5.69 Å². The highest BCUT2D eigenvalue weighted by atomic mass is 32.2. The van der Waals surface area contributed by atoms with E-state index in [9.17, 15) is 13.2 Å². The predicted octanol–water partition coefficient (Wildman–Crippen LogP) is 3.93. The number of carbonyl (C=O) groups is 1. The number of fused-ring (bicyclic) bond motifs is 1. The van der Waals surface area contributed by atoms with Crippen molar-refractivity contribution in [2.24, 2.45) is 0 Å². The number of sulfonamides is 1. The lowest BCUT2D eigenvalue weighted by Crippen LogP contribution is -2.42.